The Morgan fingerprint density at radius 2 is 2.04 bits per heavy atom. The molecule has 0 radical (unpaired) electrons. The lowest BCUT2D eigenvalue weighted by atomic mass is 9.94. The molecule has 3 rings (SSSR count). The van der Waals surface area contributed by atoms with E-state index in [0.29, 0.717) is 23.3 Å². The van der Waals surface area contributed by atoms with Gasteiger partial charge in [-0.15, -0.1) is 0 Å². The molecule has 7 nitrogen and oxygen atoms in total. The van der Waals surface area contributed by atoms with Gasteiger partial charge >= 0.3 is 5.97 Å². The number of ether oxygens (including phenoxy) is 1. The lowest BCUT2D eigenvalue weighted by Gasteiger charge is -2.25. The van der Waals surface area contributed by atoms with Gasteiger partial charge in [-0.2, -0.15) is 4.98 Å². The van der Waals surface area contributed by atoms with Crippen molar-refractivity contribution in [1.29, 1.82) is 0 Å². The molecule has 0 aromatic carbocycles. The van der Waals surface area contributed by atoms with Crippen LogP contribution in [0.5, 0.6) is 0 Å². The van der Waals surface area contributed by atoms with E-state index in [9.17, 15) is 9.59 Å². The second kappa shape index (κ2) is 7.85. The van der Waals surface area contributed by atoms with Crippen molar-refractivity contribution in [3.05, 3.63) is 27.7 Å². The maximum atomic E-state index is 13.1. The third kappa shape index (κ3) is 3.57. The fourth-order valence-electron chi connectivity index (χ4n) is 3.58. The maximum Gasteiger partial charge on any atom is 0.343 e. The van der Waals surface area contributed by atoms with Gasteiger partial charge < -0.3 is 10.5 Å². The summed E-state index contributed by atoms with van der Waals surface area (Å²) < 4.78 is 6.94. The van der Waals surface area contributed by atoms with Gasteiger partial charge in [-0.05, 0) is 32.3 Å². The van der Waals surface area contributed by atoms with Crippen molar-refractivity contribution in [2.24, 2.45) is 0 Å². The van der Waals surface area contributed by atoms with Crippen LogP contribution in [0, 0.1) is 6.92 Å². The summed E-state index contributed by atoms with van der Waals surface area (Å²) in [5.74, 6) is -0.441. The lowest BCUT2D eigenvalue weighted by molar-refractivity contribution is 0.0497. The van der Waals surface area contributed by atoms with Crippen LogP contribution in [-0.2, 0) is 4.74 Å². The molecule has 2 aromatic rings. The van der Waals surface area contributed by atoms with Gasteiger partial charge in [-0.25, -0.2) is 9.78 Å². The van der Waals surface area contributed by atoms with Crippen LogP contribution in [0.3, 0.4) is 0 Å². The van der Waals surface area contributed by atoms with Crippen LogP contribution >= 0.6 is 0 Å². The Hall–Kier alpha value is -2.44. The summed E-state index contributed by atoms with van der Waals surface area (Å²) in [5.41, 5.74) is 6.69. The second-order valence-corrected chi connectivity index (χ2v) is 6.92. The monoisotopic (exact) mass is 358 g/mol. The Balaban J connectivity index is 2.16. The van der Waals surface area contributed by atoms with Gasteiger partial charge in [0.25, 0.3) is 5.56 Å². The minimum absolute atomic E-state index is 0.0239. The van der Waals surface area contributed by atoms with Gasteiger partial charge in [0.05, 0.1) is 12.3 Å². The number of nitrogens with zero attached hydrogens (tertiary/aromatic N) is 3. The van der Waals surface area contributed by atoms with Crippen LogP contribution < -0.4 is 11.3 Å². The van der Waals surface area contributed by atoms with E-state index in [2.05, 4.69) is 9.97 Å². The second-order valence-electron chi connectivity index (χ2n) is 6.92. The summed E-state index contributed by atoms with van der Waals surface area (Å²) in [6.07, 6.45) is 6.77. The highest BCUT2D eigenvalue weighted by atomic mass is 16.5. The molecule has 1 fully saturated rings. The average Bonchev–Trinajstić information content (AvgIpc) is 2.62. The third-order valence-electron chi connectivity index (χ3n) is 4.99. The van der Waals surface area contributed by atoms with E-state index >= 15 is 0 Å². The fourth-order valence-corrected chi connectivity index (χ4v) is 3.58. The SMILES string of the molecule is CCCCOC(=O)c1cc2c(C)nc(N)nc2n(C2CCCCC2)c1=O. The number of carbonyl (C=O) groups is 1. The summed E-state index contributed by atoms with van der Waals surface area (Å²) in [7, 11) is 0. The quantitative estimate of drug-likeness (QED) is 0.651. The highest BCUT2D eigenvalue weighted by Crippen LogP contribution is 2.30. The Kier molecular flexibility index (Phi) is 5.54. The minimum Gasteiger partial charge on any atom is -0.462 e. The number of pyridine rings is 1. The number of carbonyl (C=O) groups excluding carboxylic acids is 1. The van der Waals surface area contributed by atoms with E-state index in [1.807, 2.05) is 13.8 Å². The van der Waals surface area contributed by atoms with Crippen LogP contribution in [0.15, 0.2) is 10.9 Å². The average molecular weight is 358 g/mol. The zero-order valence-electron chi connectivity index (χ0n) is 15.5. The zero-order chi connectivity index (χ0) is 18.7. The van der Waals surface area contributed by atoms with Crippen molar-refractivity contribution in [2.45, 2.75) is 64.8 Å². The van der Waals surface area contributed by atoms with Crippen LogP contribution in [0.1, 0.15) is 74.0 Å². The lowest BCUT2D eigenvalue weighted by Crippen LogP contribution is -2.32. The van der Waals surface area contributed by atoms with E-state index in [4.69, 9.17) is 10.5 Å². The standard InChI is InChI=1S/C19H26N4O3/c1-3-4-10-26-18(25)15-11-14-12(2)21-19(20)22-16(14)23(17(15)24)13-8-6-5-7-9-13/h11,13H,3-10H2,1-2H3,(H2,20,21,22). The molecule has 2 aromatic heterocycles. The number of rotatable bonds is 5. The first-order chi connectivity index (χ1) is 12.5. The number of nitrogens with two attached hydrogens (primary N) is 1. The largest absolute Gasteiger partial charge is 0.462 e. The Bertz CT molecular complexity index is 869. The number of unbranched alkanes of at least 4 members (excludes halogenated alkanes) is 1. The first kappa shape index (κ1) is 18.4. The van der Waals surface area contributed by atoms with Crippen molar-refractivity contribution >= 4 is 23.0 Å². The number of esters is 1. The van der Waals surface area contributed by atoms with Crippen LogP contribution in [-0.4, -0.2) is 27.1 Å². The molecule has 2 N–H and O–H groups in total. The van der Waals surface area contributed by atoms with E-state index in [-0.39, 0.29) is 23.1 Å². The molecular formula is C19H26N4O3. The van der Waals surface area contributed by atoms with Gasteiger partial charge in [-0.3, -0.25) is 9.36 Å². The van der Waals surface area contributed by atoms with Crippen LogP contribution in [0.25, 0.3) is 11.0 Å². The molecule has 1 saturated carbocycles. The topological polar surface area (TPSA) is 100 Å². The fraction of sp³-hybridized carbons (Fsp3) is 0.579. The number of hydrogen-bond donors (Lipinski definition) is 1. The molecule has 0 unspecified atom stereocenters. The maximum absolute atomic E-state index is 13.1. The van der Waals surface area contributed by atoms with E-state index in [1.54, 1.807) is 10.6 Å². The molecule has 7 heteroatoms. The Morgan fingerprint density at radius 1 is 1.31 bits per heavy atom. The van der Waals surface area contributed by atoms with E-state index in [0.717, 1.165) is 44.9 Å². The Labute approximate surface area is 152 Å². The molecule has 2 heterocycles. The molecule has 1 aliphatic rings. The van der Waals surface area contributed by atoms with Gasteiger partial charge in [0.2, 0.25) is 5.95 Å². The predicted octanol–water partition coefficient (Wildman–Crippen LogP) is 3.14. The molecule has 0 saturated heterocycles. The first-order valence-electron chi connectivity index (χ1n) is 9.39. The number of fused-ring (bicyclic) bond motifs is 1. The number of nitrogen functional groups attached to an aromatic ring is 1. The van der Waals surface area contributed by atoms with Gasteiger partial charge in [0.15, 0.2) is 0 Å². The summed E-state index contributed by atoms with van der Waals surface area (Å²) in [4.78, 5) is 34.2. The number of anilines is 1. The van der Waals surface area contributed by atoms with Crippen molar-refractivity contribution in [3.63, 3.8) is 0 Å². The zero-order valence-corrected chi connectivity index (χ0v) is 15.5. The summed E-state index contributed by atoms with van der Waals surface area (Å²) >= 11 is 0. The molecule has 0 amide bonds. The molecule has 140 valence electrons. The summed E-state index contributed by atoms with van der Waals surface area (Å²) in [5, 5.41) is 0.673. The van der Waals surface area contributed by atoms with Crippen molar-refractivity contribution in [3.8, 4) is 0 Å². The molecular weight excluding hydrogens is 332 g/mol. The minimum atomic E-state index is -0.578. The summed E-state index contributed by atoms with van der Waals surface area (Å²) in [6.45, 7) is 4.14. The Morgan fingerprint density at radius 3 is 2.73 bits per heavy atom. The van der Waals surface area contributed by atoms with Gasteiger partial charge in [-0.1, -0.05) is 32.6 Å². The highest BCUT2D eigenvalue weighted by molar-refractivity contribution is 5.93. The highest BCUT2D eigenvalue weighted by Gasteiger charge is 2.25. The molecule has 0 bridgehead atoms. The van der Waals surface area contributed by atoms with Gasteiger partial charge in [0, 0.05) is 11.4 Å². The van der Waals surface area contributed by atoms with Crippen molar-refractivity contribution in [2.75, 3.05) is 12.3 Å². The summed E-state index contributed by atoms with van der Waals surface area (Å²) in [6, 6.07) is 1.58. The number of hydrogen-bond acceptors (Lipinski definition) is 6. The molecule has 1 aliphatic carbocycles. The molecule has 0 aliphatic heterocycles. The third-order valence-corrected chi connectivity index (χ3v) is 4.99. The number of aryl methyl sites for hydroxylation is 1. The smallest absolute Gasteiger partial charge is 0.343 e. The van der Waals surface area contributed by atoms with Crippen molar-refractivity contribution in [1.82, 2.24) is 14.5 Å². The van der Waals surface area contributed by atoms with Crippen LogP contribution in [0.2, 0.25) is 0 Å². The number of aromatic nitrogens is 3. The van der Waals surface area contributed by atoms with Crippen molar-refractivity contribution < 1.29 is 9.53 Å². The van der Waals surface area contributed by atoms with E-state index < -0.39 is 5.97 Å². The molecule has 0 spiro atoms. The molecule has 0 atom stereocenters. The van der Waals surface area contributed by atoms with E-state index in [1.165, 1.54) is 0 Å². The first-order valence-corrected chi connectivity index (χ1v) is 9.39. The normalized spacial score (nSPS) is 15.3. The predicted molar refractivity (Wildman–Crippen MR) is 100 cm³/mol. The molecule has 26 heavy (non-hydrogen) atoms. The van der Waals surface area contributed by atoms with Crippen LogP contribution in [0.4, 0.5) is 5.95 Å². The van der Waals surface area contributed by atoms with Gasteiger partial charge in [0.1, 0.15) is 11.2 Å².